The zero-order valence-electron chi connectivity index (χ0n) is 12.4. The van der Waals surface area contributed by atoms with Crippen molar-refractivity contribution in [1.82, 2.24) is 10.3 Å². The normalized spacial score (nSPS) is 15.1. The molecule has 1 aromatic heterocycles. The number of fused-ring (bicyclic) bond motifs is 1. The molecule has 0 bridgehead atoms. The molecule has 0 radical (unpaired) electrons. The lowest BCUT2D eigenvalue weighted by Crippen LogP contribution is -2.44. The van der Waals surface area contributed by atoms with Crippen LogP contribution in [0, 0.1) is 6.92 Å². The molecule has 1 N–H and O–H groups in total. The van der Waals surface area contributed by atoms with Crippen molar-refractivity contribution in [1.29, 1.82) is 0 Å². The lowest BCUT2D eigenvalue weighted by molar-refractivity contribution is 0.584. The molecule has 114 valence electrons. The first kappa shape index (κ1) is 16.3. The zero-order chi connectivity index (χ0) is 14.1. The van der Waals surface area contributed by atoms with E-state index in [1.54, 1.807) is 0 Å². The summed E-state index contributed by atoms with van der Waals surface area (Å²) in [7, 11) is 0. The Labute approximate surface area is 137 Å². The zero-order valence-corrected chi connectivity index (χ0v) is 14.0. The number of piperazine rings is 1. The van der Waals surface area contributed by atoms with Crippen molar-refractivity contribution < 1.29 is 0 Å². The van der Waals surface area contributed by atoms with Crippen molar-refractivity contribution in [2.45, 2.75) is 20.3 Å². The van der Waals surface area contributed by atoms with Gasteiger partial charge in [-0.15, -0.1) is 12.4 Å². The molecule has 3 nitrogen and oxygen atoms in total. The highest BCUT2D eigenvalue weighted by Gasteiger charge is 2.16. The van der Waals surface area contributed by atoms with Crippen LogP contribution in [-0.4, -0.2) is 31.2 Å². The van der Waals surface area contributed by atoms with E-state index >= 15 is 0 Å². The van der Waals surface area contributed by atoms with Crippen LogP contribution in [0.4, 0.5) is 5.82 Å². The van der Waals surface area contributed by atoms with Gasteiger partial charge in [-0.05, 0) is 42.7 Å². The molecule has 1 aliphatic heterocycles. The molecule has 0 atom stereocenters. The summed E-state index contributed by atoms with van der Waals surface area (Å²) >= 11 is 6.16. The molecule has 3 rings (SSSR count). The van der Waals surface area contributed by atoms with Crippen LogP contribution in [0.25, 0.3) is 10.9 Å². The Bertz CT molecular complexity index is 637. The number of aromatic nitrogens is 1. The molecule has 1 saturated heterocycles. The van der Waals surface area contributed by atoms with Gasteiger partial charge in [0.2, 0.25) is 0 Å². The van der Waals surface area contributed by atoms with Crippen LogP contribution in [0.3, 0.4) is 0 Å². The van der Waals surface area contributed by atoms with E-state index in [0.29, 0.717) is 0 Å². The van der Waals surface area contributed by atoms with Gasteiger partial charge in [0.1, 0.15) is 5.82 Å². The monoisotopic (exact) mass is 325 g/mol. The molecule has 0 aliphatic carbocycles. The van der Waals surface area contributed by atoms with Crippen LogP contribution in [0.15, 0.2) is 18.2 Å². The second kappa shape index (κ2) is 6.82. The minimum Gasteiger partial charge on any atom is -0.354 e. The van der Waals surface area contributed by atoms with Crippen molar-refractivity contribution in [2.24, 2.45) is 0 Å². The second-order valence-corrected chi connectivity index (χ2v) is 5.79. The van der Waals surface area contributed by atoms with Crippen molar-refractivity contribution in [3.63, 3.8) is 0 Å². The molecule has 0 amide bonds. The fourth-order valence-electron chi connectivity index (χ4n) is 2.86. The highest BCUT2D eigenvalue weighted by Crippen LogP contribution is 2.28. The Kier molecular flexibility index (Phi) is 5.31. The fraction of sp³-hybridized carbons (Fsp3) is 0.438. The number of benzene rings is 1. The molecule has 21 heavy (non-hydrogen) atoms. The Morgan fingerprint density at radius 1 is 1.24 bits per heavy atom. The van der Waals surface area contributed by atoms with Gasteiger partial charge in [-0.1, -0.05) is 18.5 Å². The standard InChI is InChI=1S/C16H20ClN3.ClH/c1-3-12-9-13-10-14(17)8-11(2)15(13)19-16(12)20-6-4-18-5-7-20;/h8-10,18H,3-7H2,1-2H3;1H. The second-order valence-electron chi connectivity index (χ2n) is 5.36. The highest BCUT2D eigenvalue weighted by atomic mass is 35.5. The molecule has 0 unspecified atom stereocenters. The minimum absolute atomic E-state index is 0. The number of halogens is 2. The van der Waals surface area contributed by atoms with Crippen LogP contribution < -0.4 is 10.2 Å². The van der Waals surface area contributed by atoms with Gasteiger partial charge in [0, 0.05) is 36.6 Å². The van der Waals surface area contributed by atoms with Crippen molar-refractivity contribution in [3.8, 4) is 0 Å². The molecule has 5 heteroatoms. The summed E-state index contributed by atoms with van der Waals surface area (Å²) in [5, 5.41) is 5.32. The maximum atomic E-state index is 6.16. The summed E-state index contributed by atoms with van der Waals surface area (Å²) < 4.78 is 0. The van der Waals surface area contributed by atoms with Crippen LogP contribution in [0.1, 0.15) is 18.1 Å². The predicted octanol–water partition coefficient (Wildman–Crippen LogP) is 3.59. The topological polar surface area (TPSA) is 28.2 Å². The Morgan fingerprint density at radius 2 is 1.95 bits per heavy atom. The number of rotatable bonds is 2. The average Bonchev–Trinajstić information content (AvgIpc) is 2.46. The Balaban J connectivity index is 0.00000161. The fourth-order valence-corrected chi connectivity index (χ4v) is 3.15. The van der Waals surface area contributed by atoms with Crippen molar-refractivity contribution >= 4 is 40.7 Å². The third-order valence-corrected chi connectivity index (χ3v) is 4.15. The summed E-state index contributed by atoms with van der Waals surface area (Å²) in [6.45, 7) is 8.38. The number of aryl methyl sites for hydroxylation is 2. The van der Waals surface area contributed by atoms with Crippen molar-refractivity contribution in [3.05, 3.63) is 34.3 Å². The maximum absolute atomic E-state index is 6.16. The van der Waals surface area contributed by atoms with E-state index < -0.39 is 0 Å². The van der Waals surface area contributed by atoms with Crippen LogP contribution in [0.2, 0.25) is 5.02 Å². The molecule has 2 aromatic rings. The molecule has 1 fully saturated rings. The van der Waals surface area contributed by atoms with Gasteiger partial charge in [-0.2, -0.15) is 0 Å². The molecular formula is C16H21Cl2N3. The van der Waals surface area contributed by atoms with Gasteiger partial charge >= 0.3 is 0 Å². The summed E-state index contributed by atoms with van der Waals surface area (Å²) in [6.07, 6.45) is 0.994. The Morgan fingerprint density at radius 3 is 2.62 bits per heavy atom. The minimum atomic E-state index is 0. The molecule has 1 aliphatic rings. The smallest absolute Gasteiger partial charge is 0.132 e. The van der Waals surface area contributed by atoms with Crippen LogP contribution in [0.5, 0.6) is 0 Å². The molecule has 0 spiro atoms. The van der Waals surface area contributed by atoms with E-state index in [1.165, 1.54) is 5.56 Å². The lowest BCUT2D eigenvalue weighted by Gasteiger charge is -2.30. The third kappa shape index (κ3) is 3.25. The van der Waals surface area contributed by atoms with Gasteiger partial charge in [-0.25, -0.2) is 4.98 Å². The van der Waals surface area contributed by atoms with Gasteiger partial charge in [0.15, 0.2) is 0 Å². The number of hydrogen-bond acceptors (Lipinski definition) is 3. The summed E-state index contributed by atoms with van der Waals surface area (Å²) in [5.74, 6) is 1.15. The first-order valence-electron chi connectivity index (χ1n) is 7.24. The molecule has 1 aromatic carbocycles. The number of nitrogens with one attached hydrogen (secondary N) is 1. The summed E-state index contributed by atoms with van der Waals surface area (Å²) in [4.78, 5) is 7.34. The molecule has 2 heterocycles. The number of hydrogen-bond donors (Lipinski definition) is 1. The van der Waals surface area contributed by atoms with E-state index in [0.717, 1.165) is 59.9 Å². The van der Waals surface area contributed by atoms with Gasteiger partial charge < -0.3 is 10.2 Å². The quantitative estimate of drug-likeness (QED) is 0.914. The predicted molar refractivity (Wildman–Crippen MR) is 93.2 cm³/mol. The first-order valence-corrected chi connectivity index (χ1v) is 7.62. The van der Waals surface area contributed by atoms with E-state index in [2.05, 4.69) is 30.1 Å². The summed E-state index contributed by atoms with van der Waals surface area (Å²) in [6, 6.07) is 6.25. The number of nitrogens with zero attached hydrogens (tertiary/aromatic N) is 2. The third-order valence-electron chi connectivity index (χ3n) is 3.93. The number of anilines is 1. The maximum Gasteiger partial charge on any atom is 0.132 e. The summed E-state index contributed by atoms with van der Waals surface area (Å²) in [5.41, 5.74) is 3.52. The SMILES string of the molecule is CCc1cc2cc(Cl)cc(C)c2nc1N1CCNCC1.Cl. The first-order chi connectivity index (χ1) is 9.69. The van der Waals surface area contributed by atoms with Crippen LogP contribution >= 0.6 is 24.0 Å². The van der Waals surface area contributed by atoms with Gasteiger partial charge in [-0.3, -0.25) is 0 Å². The van der Waals surface area contributed by atoms with E-state index in [-0.39, 0.29) is 12.4 Å². The Hall–Kier alpha value is -1.03. The number of pyridine rings is 1. The van der Waals surface area contributed by atoms with Crippen molar-refractivity contribution in [2.75, 3.05) is 31.1 Å². The largest absolute Gasteiger partial charge is 0.354 e. The van der Waals surface area contributed by atoms with E-state index in [9.17, 15) is 0 Å². The van der Waals surface area contributed by atoms with E-state index in [4.69, 9.17) is 16.6 Å². The average molecular weight is 326 g/mol. The molecule has 0 saturated carbocycles. The van der Waals surface area contributed by atoms with E-state index in [1.807, 2.05) is 12.1 Å². The van der Waals surface area contributed by atoms with Crippen LogP contribution in [-0.2, 0) is 6.42 Å². The highest BCUT2D eigenvalue weighted by molar-refractivity contribution is 6.31. The van der Waals surface area contributed by atoms with Gasteiger partial charge in [0.25, 0.3) is 0 Å². The lowest BCUT2D eigenvalue weighted by atomic mass is 10.1. The molecular weight excluding hydrogens is 305 g/mol. The van der Waals surface area contributed by atoms with Gasteiger partial charge in [0.05, 0.1) is 5.52 Å².